The number of Topliss-reactive ketones (excluding diaryl/α,β-unsaturated/α-hetero) is 1. The molecular weight excluding hydrogens is 372 g/mol. The largest absolute Gasteiger partial charge is 0.376 e. The van der Waals surface area contributed by atoms with E-state index in [1.807, 2.05) is 18.2 Å². The Labute approximate surface area is 168 Å². The normalized spacial score (nSPS) is 18.4. The fourth-order valence-corrected chi connectivity index (χ4v) is 3.75. The first kappa shape index (κ1) is 19.1. The Hall–Kier alpha value is -3.26. The number of hydrogen-bond donors (Lipinski definition) is 1. The second kappa shape index (κ2) is 8.00. The van der Waals surface area contributed by atoms with Crippen LogP contribution in [0, 0.1) is 0 Å². The van der Waals surface area contributed by atoms with Crippen molar-refractivity contribution in [3.63, 3.8) is 0 Å². The van der Waals surface area contributed by atoms with Crippen molar-refractivity contribution in [3.8, 4) is 0 Å². The number of nitrogens with one attached hydrogen (secondary N) is 1. The molecule has 1 saturated heterocycles. The first-order chi connectivity index (χ1) is 14.1. The Morgan fingerprint density at radius 2 is 1.76 bits per heavy atom. The summed E-state index contributed by atoms with van der Waals surface area (Å²) in [6.45, 7) is 1.43. The lowest BCUT2D eigenvalue weighted by Crippen LogP contribution is -2.52. The van der Waals surface area contributed by atoms with Gasteiger partial charge in [-0.2, -0.15) is 0 Å². The molecule has 0 spiro atoms. The number of piperazine rings is 1. The van der Waals surface area contributed by atoms with E-state index >= 15 is 0 Å². The summed E-state index contributed by atoms with van der Waals surface area (Å²) in [5, 5.41) is 0. The summed E-state index contributed by atoms with van der Waals surface area (Å²) in [7, 11) is 1.57. The molecule has 0 radical (unpaired) electrons. The molecule has 1 aromatic carbocycles. The number of methoxy groups -OCH3 is 1. The standard InChI is InChI=1S/C21H22N4O4/c1-29-16-7-8-22-19-17(16)15(13-23-19)18(26)21(28)25-11-9-24(10-12-25)20(27)14-5-3-2-4-6-14/h2-6,8,13,16,23H,7,9-12H2,1H3. The first-order valence-electron chi connectivity index (χ1n) is 9.54. The van der Waals surface area contributed by atoms with Crippen LogP contribution in [0.5, 0.6) is 0 Å². The van der Waals surface area contributed by atoms with Crippen LogP contribution in [-0.4, -0.2) is 71.9 Å². The molecule has 1 N–H and O–H groups in total. The molecule has 2 amide bonds. The first-order valence-corrected chi connectivity index (χ1v) is 9.54. The van der Waals surface area contributed by atoms with Crippen molar-refractivity contribution in [1.82, 2.24) is 14.8 Å². The van der Waals surface area contributed by atoms with Gasteiger partial charge in [0.05, 0.1) is 11.7 Å². The Balaban J connectivity index is 1.43. The molecule has 0 bridgehead atoms. The highest BCUT2D eigenvalue weighted by Gasteiger charge is 2.33. The van der Waals surface area contributed by atoms with Crippen molar-refractivity contribution in [1.29, 1.82) is 0 Å². The van der Waals surface area contributed by atoms with Gasteiger partial charge in [0.2, 0.25) is 0 Å². The highest BCUT2D eigenvalue weighted by Crippen LogP contribution is 2.35. The van der Waals surface area contributed by atoms with Crippen molar-refractivity contribution in [2.24, 2.45) is 4.99 Å². The van der Waals surface area contributed by atoms with Crippen LogP contribution in [0.25, 0.3) is 0 Å². The van der Waals surface area contributed by atoms with Crippen LogP contribution in [0.1, 0.15) is 38.8 Å². The second-order valence-electron chi connectivity index (χ2n) is 7.02. The number of H-pyrrole nitrogens is 1. The van der Waals surface area contributed by atoms with E-state index in [1.165, 1.54) is 11.1 Å². The molecule has 2 aliphatic rings. The predicted octanol–water partition coefficient (Wildman–Crippen LogP) is 1.98. The number of ketones is 1. The van der Waals surface area contributed by atoms with Gasteiger partial charge in [-0.15, -0.1) is 0 Å². The smallest absolute Gasteiger partial charge is 0.295 e. The van der Waals surface area contributed by atoms with Gasteiger partial charge in [-0.05, 0) is 12.1 Å². The zero-order chi connectivity index (χ0) is 20.4. The Morgan fingerprint density at radius 1 is 1.07 bits per heavy atom. The third-order valence-corrected chi connectivity index (χ3v) is 5.36. The van der Waals surface area contributed by atoms with Gasteiger partial charge in [0.25, 0.3) is 17.6 Å². The number of aromatic amines is 1. The quantitative estimate of drug-likeness (QED) is 0.634. The number of rotatable bonds is 4. The topological polar surface area (TPSA) is 95.1 Å². The van der Waals surface area contributed by atoms with Gasteiger partial charge in [-0.1, -0.05) is 18.2 Å². The van der Waals surface area contributed by atoms with Gasteiger partial charge in [-0.25, -0.2) is 4.99 Å². The molecule has 1 aromatic heterocycles. The van der Waals surface area contributed by atoms with Crippen LogP contribution >= 0.6 is 0 Å². The van der Waals surface area contributed by atoms with E-state index in [1.54, 1.807) is 30.4 Å². The molecule has 1 fully saturated rings. The highest BCUT2D eigenvalue weighted by atomic mass is 16.5. The lowest BCUT2D eigenvalue weighted by atomic mass is 9.99. The van der Waals surface area contributed by atoms with Crippen molar-refractivity contribution >= 4 is 29.6 Å². The van der Waals surface area contributed by atoms with Crippen LogP contribution in [-0.2, 0) is 9.53 Å². The fraction of sp³-hybridized carbons (Fsp3) is 0.333. The summed E-state index contributed by atoms with van der Waals surface area (Å²) >= 11 is 0. The van der Waals surface area contributed by atoms with Crippen molar-refractivity contribution in [2.75, 3.05) is 33.3 Å². The molecule has 1 unspecified atom stereocenters. The number of carbonyl (C=O) groups is 3. The lowest BCUT2D eigenvalue weighted by Gasteiger charge is -2.34. The molecule has 29 heavy (non-hydrogen) atoms. The minimum Gasteiger partial charge on any atom is -0.376 e. The van der Waals surface area contributed by atoms with E-state index in [0.29, 0.717) is 55.1 Å². The highest BCUT2D eigenvalue weighted by molar-refractivity contribution is 6.43. The number of fused-ring (bicyclic) bond motifs is 1. The van der Waals surface area contributed by atoms with Gasteiger partial charge >= 0.3 is 0 Å². The van der Waals surface area contributed by atoms with E-state index in [-0.39, 0.29) is 12.0 Å². The molecule has 2 aromatic rings. The maximum absolute atomic E-state index is 12.9. The SMILES string of the molecule is COC1CC=Nc2[nH]cc(C(=O)C(=O)N3CCN(C(=O)c4ccccc4)CC3)c21. The second-order valence-corrected chi connectivity index (χ2v) is 7.02. The molecule has 2 aliphatic heterocycles. The van der Waals surface area contributed by atoms with Gasteiger partial charge in [0.15, 0.2) is 0 Å². The number of amides is 2. The maximum Gasteiger partial charge on any atom is 0.295 e. The van der Waals surface area contributed by atoms with Crippen LogP contribution < -0.4 is 0 Å². The van der Waals surface area contributed by atoms with Gasteiger partial charge in [0.1, 0.15) is 5.82 Å². The molecule has 150 valence electrons. The summed E-state index contributed by atoms with van der Waals surface area (Å²) in [5.74, 6) is -0.658. The van der Waals surface area contributed by atoms with Gasteiger partial charge in [0, 0.05) is 63.2 Å². The number of hydrogen-bond acceptors (Lipinski definition) is 5. The number of nitrogens with zero attached hydrogens (tertiary/aromatic N) is 3. The van der Waals surface area contributed by atoms with Crippen molar-refractivity contribution in [2.45, 2.75) is 12.5 Å². The molecule has 4 rings (SSSR count). The number of carbonyl (C=O) groups excluding carboxylic acids is 3. The molecule has 0 saturated carbocycles. The minimum absolute atomic E-state index is 0.0653. The number of aromatic nitrogens is 1. The summed E-state index contributed by atoms with van der Waals surface area (Å²) in [6.07, 6.45) is 3.50. The third-order valence-electron chi connectivity index (χ3n) is 5.36. The Kier molecular flexibility index (Phi) is 5.26. The van der Waals surface area contributed by atoms with Gasteiger partial charge in [-0.3, -0.25) is 14.4 Å². The van der Waals surface area contributed by atoms with Gasteiger partial charge < -0.3 is 19.5 Å². The summed E-state index contributed by atoms with van der Waals surface area (Å²) < 4.78 is 5.44. The zero-order valence-corrected chi connectivity index (χ0v) is 16.1. The molecule has 1 atom stereocenters. The average molecular weight is 394 g/mol. The van der Waals surface area contributed by atoms with E-state index in [2.05, 4.69) is 9.98 Å². The molecule has 3 heterocycles. The van der Waals surface area contributed by atoms with Crippen LogP contribution in [0.15, 0.2) is 41.5 Å². The molecular formula is C21H22N4O4. The molecule has 0 aliphatic carbocycles. The van der Waals surface area contributed by atoms with Crippen molar-refractivity contribution < 1.29 is 19.1 Å². The van der Waals surface area contributed by atoms with E-state index in [0.717, 1.165) is 0 Å². The van der Waals surface area contributed by atoms with E-state index < -0.39 is 11.7 Å². The van der Waals surface area contributed by atoms with Crippen LogP contribution in [0.3, 0.4) is 0 Å². The minimum atomic E-state index is -0.579. The van der Waals surface area contributed by atoms with Crippen LogP contribution in [0.2, 0.25) is 0 Å². The van der Waals surface area contributed by atoms with Crippen LogP contribution in [0.4, 0.5) is 5.82 Å². The monoisotopic (exact) mass is 394 g/mol. The van der Waals surface area contributed by atoms with Crippen molar-refractivity contribution in [3.05, 3.63) is 53.2 Å². The molecule has 8 heteroatoms. The summed E-state index contributed by atoms with van der Waals surface area (Å²) in [4.78, 5) is 48.6. The number of ether oxygens (including phenoxy) is 1. The third kappa shape index (κ3) is 3.58. The lowest BCUT2D eigenvalue weighted by molar-refractivity contribution is -0.127. The Bertz CT molecular complexity index is 958. The Morgan fingerprint density at radius 3 is 2.45 bits per heavy atom. The number of aliphatic imine (C=N–C) groups is 1. The van der Waals surface area contributed by atoms with E-state index in [9.17, 15) is 14.4 Å². The fourth-order valence-electron chi connectivity index (χ4n) is 3.75. The summed E-state index contributed by atoms with van der Waals surface area (Å²) in [5.41, 5.74) is 1.55. The maximum atomic E-state index is 12.9. The van der Waals surface area contributed by atoms with E-state index in [4.69, 9.17) is 4.74 Å². The zero-order valence-electron chi connectivity index (χ0n) is 16.1. The average Bonchev–Trinajstić information content (AvgIpc) is 3.22. The molecule has 8 nitrogen and oxygen atoms in total. The summed E-state index contributed by atoms with van der Waals surface area (Å²) in [6, 6.07) is 9.04. The predicted molar refractivity (Wildman–Crippen MR) is 107 cm³/mol. The number of benzene rings is 1.